The molecule has 19 heavy (non-hydrogen) atoms. The molecule has 0 spiro atoms. The predicted molar refractivity (Wildman–Crippen MR) is 73.9 cm³/mol. The first-order valence-electron chi connectivity index (χ1n) is 6.00. The molecule has 5 heteroatoms. The van der Waals surface area contributed by atoms with Crippen LogP contribution in [0.4, 0.5) is 5.69 Å². The molecule has 0 radical (unpaired) electrons. The van der Waals surface area contributed by atoms with E-state index in [-0.39, 0.29) is 12.5 Å². The van der Waals surface area contributed by atoms with Crippen molar-refractivity contribution in [3.63, 3.8) is 0 Å². The number of ether oxygens (including phenoxy) is 1. The number of methoxy groups -OCH3 is 1. The second-order valence-electron chi connectivity index (χ2n) is 4.17. The van der Waals surface area contributed by atoms with Crippen LogP contribution in [0.15, 0.2) is 42.7 Å². The van der Waals surface area contributed by atoms with E-state index in [2.05, 4.69) is 5.32 Å². The maximum atomic E-state index is 11.8. The van der Waals surface area contributed by atoms with E-state index in [9.17, 15) is 4.79 Å². The molecular weight excluding hydrogens is 242 g/mol. The highest BCUT2D eigenvalue weighted by molar-refractivity contribution is 5.90. The molecule has 0 unspecified atom stereocenters. The molecule has 1 amide bonds. The lowest BCUT2D eigenvalue weighted by atomic mass is 10.3. The quantitative estimate of drug-likeness (QED) is 0.856. The molecule has 1 heterocycles. The van der Waals surface area contributed by atoms with Crippen LogP contribution in [0.25, 0.3) is 0 Å². The van der Waals surface area contributed by atoms with E-state index in [1.165, 1.54) is 0 Å². The molecule has 0 saturated carbocycles. The summed E-state index contributed by atoms with van der Waals surface area (Å²) in [6.07, 6.45) is 3.71. The highest BCUT2D eigenvalue weighted by atomic mass is 16.5. The van der Waals surface area contributed by atoms with E-state index < -0.39 is 0 Å². The lowest BCUT2D eigenvalue weighted by Gasteiger charge is -2.07. The minimum atomic E-state index is -0.0793. The fourth-order valence-electron chi connectivity index (χ4n) is 1.75. The lowest BCUT2D eigenvalue weighted by Crippen LogP contribution is -2.17. The van der Waals surface area contributed by atoms with Crippen molar-refractivity contribution in [3.8, 4) is 5.75 Å². The summed E-state index contributed by atoms with van der Waals surface area (Å²) in [4.78, 5) is 11.8. The fraction of sp³-hybridized carbons (Fsp3) is 0.214. The maximum absolute atomic E-state index is 11.8. The first kappa shape index (κ1) is 13.2. The highest BCUT2D eigenvalue weighted by Crippen LogP contribution is 2.15. The summed E-state index contributed by atoms with van der Waals surface area (Å²) in [6, 6.07) is 9.12. The summed E-state index contributed by atoms with van der Waals surface area (Å²) in [6.45, 7) is 0.749. The highest BCUT2D eigenvalue weighted by Gasteiger charge is 2.04. The Balaban J connectivity index is 1.93. The summed E-state index contributed by atoms with van der Waals surface area (Å²) >= 11 is 0. The number of nitrogens with one attached hydrogen (secondary N) is 1. The zero-order chi connectivity index (χ0) is 13.7. The second kappa shape index (κ2) is 6.06. The zero-order valence-electron chi connectivity index (χ0n) is 10.8. The Hall–Kier alpha value is -2.27. The van der Waals surface area contributed by atoms with Crippen LogP contribution in [0.2, 0.25) is 0 Å². The van der Waals surface area contributed by atoms with E-state index in [0.717, 1.165) is 17.0 Å². The average molecular weight is 259 g/mol. The van der Waals surface area contributed by atoms with E-state index in [1.54, 1.807) is 35.9 Å². The van der Waals surface area contributed by atoms with Gasteiger partial charge in [-0.1, -0.05) is 0 Å². The number of nitrogens with zero attached hydrogens (tertiary/aromatic N) is 1. The van der Waals surface area contributed by atoms with Crippen molar-refractivity contribution in [2.24, 2.45) is 5.73 Å². The molecule has 0 bridgehead atoms. The maximum Gasteiger partial charge on any atom is 0.244 e. The number of aromatic nitrogens is 1. The molecule has 1 aromatic carbocycles. The third-order valence-electron chi connectivity index (χ3n) is 2.75. The van der Waals surface area contributed by atoms with Crippen LogP contribution >= 0.6 is 0 Å². The van der Waals surface area contributed by atoms with Crippen molar-refractivity contribution in [2.45, 2.75) is 13.1 Å². The van der Waals surface area contributed by atoms with Crippen LogP contribution in [0.1, 0.15) is 5.56 Å². The largest absolute Gasteiger partial charge is 0.497 e. The van der Waals surface area contributed by atoms with Crippen LogP contribution in [-0.4, -0.2) is 17.6 Å². The van der Waals surface area contributed by atoms with Crippen molar-refractivity contribution >= 4 is 11.6 Å². The van der Waals surface area contributed by atoms with Gasteiger partial charge < -0.3 is 20.4 Å². The van der Waals surface area contributed by atoms with E-state index in [0.29, 0.717) is 6.54 Å². The van der Waals surface area contributed by atoms with Gasteiger partial charge in [0.15, 0.2) is 0 Å². The molecule has 2 aromatic rings. The van der Waals surface area contributed by atoms with Gasteiger partial charge in [-0.3, -0.25) is 4.79 Å². The summed E-state index contributed by atoms with van der Waals surface area (Å²) in [5, 5.41) is 2.82. The molecule has 100 valence electrons. The average Bonchev–Trinajstić information content (AvgIpc) is 2.87. The van der Waals surface area contributed by atoms with E-state index in [4.69, 9.17) is 10.5 Å². The van der Waals surface area contributed by atoms with E-state index >= 15 is 0 Å². The van der Waals surface area contributed by atoms with Gasteiger partial charge in [0, 0.05) is 24.6 Å². The second-order valence-corrected chi connectivity index (χ2v) is 4.17. The molecule has 5 nitrogen and oxygen atoms in total. The van der Waals surface area contributed by atoms with Crippen LogP contribution in [0, 0.1) is 0 Å². The first-order chi connectivity index (χ1) is 9.21. The Morgan fingerprint density at radius 1 is 1.32 bits per heavy atom. The van der Waals surface area contributed by atoms with Gasteiger partial charge in [-0.05, 0) is 35.9 Å². The minimum absolute atomic E-state index is 0.0793. The van der Waals surface area contributed by atoms with Crippen molar-refractivity contribution in [1.82, 2.24) is 4.57 Å². The number of hydrogen-bond donors (Lipinski definition) is 2. The van der Waals surface area contributed by atoms with Crippen molar-refractivity contribution in [2.75, 3.05) is 12.4 Å². The smallest absolute Gasteiger partial charge is 0.244 e. The SMILES string of the molecule is COc1ccc(NC(=O)Cn2ccc(CN)c2)cc1. The molecular formula is C14H17N3O2. The number of nitrogens with two attached hydrogens (primary N) is 1. The monoisotopic (exact) mass is 259 g/mol. The lowest BCUT2D eigenvalue weighted by molar-refractivity contribution is -0.116. The number of hydrogen-bond acceptors (Lipinski definition) is 3. The summed E-state index contributed by atoms with van der Waals surface area (Å²) < 4.78 is 6.86. The Kier molecular flexibility index (Phi) is 4.20. The van der Waals surface area contributed by atoms with Gasteiger partial charge in [0.1, 0.15) is 12.3 Å². The number of benzene rings is 1. The Morgan fingerprint density at radius 3 is 2.63 bits per heavy atom. The van der Waals surface area contributed by atoms with Crippen molar-refractivity contribution in [3.05, 3.63) is 48.3 Å². The molecule has 0 aliphatic heterocycles. The molecule has 2 rings (SSSR count). The van der Waals surface area contributed by atoms with Gasteiger partial charge in [-0.15, -0.1) is 0 Å². The normalized spacial score (nSPS) is 10.2. The number of amides is 1. The fourth-order valence-corrected chi connectivity index (χ4v) is 1.75. The number of rotatable bonds is 5. The number of carbonyl (C=O) groups excluding carboxylic acids is 1. The standard InChI is InChI=1S/C14H17N3O2/c1-19-13-4-2-12(3-5-13)16-14(18)10-17-7-6-11(8-15)9-17/h2-7,9H,8,10,15H2,1H3,(H,16,18). The zero-order valence-corrected chi connectivity index (χ0v) is 10.8. The third kappa shape index (κ3) is 3.59. The van der Waals surface area contributed by atoms with Gasteiger partial charge in [-0.2, -0.15) is 0 Å². The first-order valence-corrected chi connectivity index (χ1v) is 6.00. The molecule has 0 saturated heterocycles. The minimum Gasteiger partial charge on any atom is -0.497 e. The summed E-state index contributed by atoms with van der Waals surface area (Å²) in [7, 11) is 1.61. The topological polar surface area (TPSA) is 69.3 Å². The molecule has 1 aromatic heterocycles. The van der Waals surface area contributed by atoms with Gasteiger partial charge in [0.2, 0.25) is 5.91 Å². The van der Waals surface area contributed by atoms with E-state index in [1.807, 2.05) is 18.5 Å². The Labute approximate surface area is 112 Å². The predicted octanol–water partition coefficient (Wildman–Crippen LogP) is 1.59. The third-order valence-corrected chi connectivity index (χ3v) is 2.75. The molecule has 0 atom stereocenters. The number of anilines is 1. The van der Waals surface area contributed by atoms with Crippen LogP contribution < -0.4 is 15.8 Å². The van der Waals surface area contributed by atoms with Crippen LogP contribution in [-0.2, 0) is 17.9 Å². The molecule has 0 fully saturated rings. The molecule has 0 aliphatic rings. The van der Waals surface area contributed by atoms with Crippen LogP contribution in [0.5, 0.6) is 5.75 Å². The van der Waals surface area contributed by atoms with Gasteiger partial charge >= 0.3 is 0 Å². The molecule has 3 N–H and O–H groups in total. The summed E-state index contributed by atoms with van der Waals surface area (Å²) in [5.74, 6) is 0.681. The Morgan fingerprint density at radius 2 is 2.05 bits per heavy atom. The van der Waals surface area contributed by atoms with Crippen molar-refractivity contribution < 1.29 is 9.53 Å². The van der Waals surface area contributed by atoms with Gasteiger partial charge in [-0.25, -0.2) is 0 Å². The van der Waals surface area contributed by atoms with Gasteiger partial charge in [0.25, 0.3) is 0 Å². The van der Waals surface area contributed by atoms with Crippen molar-refractivity contribution in [1.29, 1.82) is 0 Å². The molecule has 0 aliphatic carbocycles. The van der Waals surface area contributed by atoms with Gasteiger partial charge in [0.05, 0.1) is 7.11 Å². The summed E-state index contributed by atoms with van der Waals surface area (Å²) in [5.41, 5.74) is 7.28. The van der Waals surface area contributed by atoms with Crippen LogP contribution in [0.3, 0.4) is 0 Å². The Bertz CT molecular complexity index is 546. The number of carbonyl (C=O) groups is 1.